The van der Waals surface area contributed by atoms with Crippen LogP contribution in [0.15, 0.2) is 16.8 Å². The molecule has 0 saturated carbocycles. The van der Waals surface area contributed by atoms with Crippen LogP contribution in [0.2, 0.25) is 0 Å². The van der Waals surface area contributed by atoms with Crippen LogP contribution in [-0.2, 0) is 4.74 Å². The van der Waals surface area contributed by atoms with Crippen molar-refractivity contribution >= 4 is 6.34 Å². The molecule has 2 N–H and O–H groups in total. The molecule has 0 spiro atoms. The average Bonchev–Trinajstić information content (AvgIpc) is 2.67. The Bertz CT molecular complexity index is 343. The van der Waals surface area contributed by atoms with Gasteiger partial charge in [0, 0.05) is 24.6 Å². The molecule has 2 aliphatic rings. The molecule has 1 saturated heterocycles. The number of aliphatic hydroxyl groups is 2. The van der Waals surface area contributed by atoms with Gasteiger partial charge in [-0.15, -0.1) is 0 Å². The number of ether oxygens (including phenoxy) is 1. The second-order valence-electron chi connectivity index (χ2n) is 5.19. The summed E-state index contributed by atoms with van der Waals surface area (Å²) in [7, 11) is 0. The smallest absolute Gasteiger partial charge is 0.132 e. The maximum atomic E-state index is 9.44. The Labute approximate surface area is 101 Å². The van der Waals surface area contributed by atoms with E-state index in [1.807, 2.05) is 24.9 Å². The summed E-state index contributed by atoms with van der Waals surface area (Å²) in [5, 5.41) is 18.7. The monoisotopic (exact) mass is 240 g/mol. The first-order chi connectivity index (χ1) is 8.09. The number of aliphatic hydroxyl groups excluding tert-OH is 2. The highest BCUT2D eigenvalue weighted by Gasteiger charge is 2.46. The highest BCUT2D eigenvalue weighted by Crippen LogP contribution is 2.39. The highest BCUT2D eigenvalue weighted by molar-refractivity contribution is 5.58. The van der Waals surface area contributed by atoms with Crippen molar-refractivity contribution in [2.24, 2.45) is 10.4 Å². The summed E-state index contributed by atoms with van der Waals surface area (Å²) >= 11 is 0. The lowest BCUT2D eigenvalue weighted by molar-refractivity contribution is -0.0622. The van der Waals surface area contributed by atoms with E-state index in [9.17, 15) is 10.2 Å². The van der Waals surface area contributed by atoms with E-state index in [4.69, 9.17) is 4.74 Å². The molecule has 0 aromatic carbocycles. The van der Waals surface area contributed by atoms with Crippen LogP contribution in [0.5, 0.6) is 0 Å². The largest absolute Gasteiger partial charge is 0.396 e. The third kappa shape index (κ3) is 2.36. The molecule has 2 rings (SSSR count). The van der Waals surface area contributed by atoms with Crippen molar-refractivity contribution in [3.05, 3.63) is 11.8 Å². The zero-order valence-corrected chi connectivity index (χ0v) is 10.3. The molecule has 0 aromatic heterocycles. The van der Waals surface area contributed by atoms with Crippen LogP contribution in [0.25, 0.3) is 0 Å². The molecule has 5 heteroatoms. The van der Waals surface area contributed by atoms with Crippen molar-refractivity contribution in [1.29, 1.82) is 0 Å². The summed E-state index contributed by atoms with van der Waals surface area (Å²) in [5.74, 6) is 0. The molecule has 0 amide bonds. The summed E-state index contributed by atoms with van der Waals surface area (Å²) in [6.45, 7) is 4.71. The molecular formula is C12H20N2O3. The predicted octanol–water partition coefficient (Wildman–Crippen LogP) is 0.340. The van der Waals surface area contributed by atoms with E-state index in [0.717, 1.165) is 6.54 Å². The zero-order valence-electron chi connectivity index (χ0n) is 10.3. The topological polar surface area (TPSA) is 65.3 Å². The molecule has 2 aliphatic heterocycles. The molecule has 3 atom stereocenters. The standard InChI is InChI=1S/C12H20N2O3/c1-9-4-13-8-14(5-9)11-3-12(2,7-16)10(6-15)17-11/h4,8,10-11,15-16H,3,5-7H2,1-2H3. The third-order valence-electron chi connectivity index (χ3n) is 3.58. The van der Waals surface area contributed by atoms with Crippen LogP contribution < -0.4 is 0 Å². The highest BCUT2D eigenvalue weighted by atomic mass is 16.5. The molecule has 17 heavy (non-hydrogen) atoms. The van der Waals surface area contributed by atoms with E-state index in [0.29, 0.717) is 6.42 Å². The second kappa shape index (κ2) is 4.76. The summed E-state index contributed by atoms with van der Waals surface area (Å²) in [4.78, 5) is 6.16. The Morgan fingerprint density at radius 3 is 2.88 bits per heavy atom. The first-order valence-electron chi connectivity index (χ1n) is 5.91. The maximum absolute atomic E-state index is 9.44. The van der Waals surface area contributed by atoms with Crippen molar-refractivity contribution in [2.45, 2.75) is 32.6 Å². The van der Waals surface area contributed by atoms with E-state index in [1.54, 1.807) is 6.34 Å². The minimum Gasteiger partial charge on any atom is -0.396 e. The normalized spacial score (nSPS) is 37.4. The summed E-state index contributed by atoms with van der Waals surface area (Å²) in [5.41, 5.74) is 0.803. The molecule has 3 unspecified atom stereocenters. The van der Waals surface area contributed by atoms with Gasteiger partial charge in [0.1, 0.15) is 6.23 Å². The van der Waals surface area contributed by atoms with Crippen LogP contribution >= 0.6 is 0 Å². The van der Waals surface area contributed by atoms with E-state index >= 15 is 0 Å². The van der Waals surface area contributed by atoms with Crippen LogP contribution in [0.1, 0.15) is 20.3 Å². The minimum atomic E-state index is -0.373. The lowest BCUT2D eigenvalue weighted by atomic mass is 9.84. The van der Waals surface area contributed by atoms with E-state index < -0.39 is 0 Å². The van der Waals surface area contributed by atoms with Crippen molar-refractivity contribution in [3.8, 4) is 0 Å². The summed E-state index contributed by atoms with van der Waals surface area (Å²) < 4.78 is 5.80. The van der Waals surface area contributed by atoms with Crippen molar-refractivity contribution in [3.63, 3.8) is 0 Å². The number of rotatable bonds is 3. The van der Waals surface area contributed by atoms with Gasteiger partial charge in [0.05, 0.1) is 25.7 Å². The van der Waals surface area contributed by atoms with Gasteiger partial charge in [-0.05, 0) is 12.5 Å². The van der Waals surface area contributed by atoms with E-state index in [-0.39, 0.29) is 31.0 Å². The van der Waals surface area contributed by atoms with Gasteiger partial charge in [-0.2, -0.15) is 0 Å². The Hall–Kier alpha value is -0.910. The fourth-order valence-corrected chi connectivity index (χ4v) is 2.35. The lowest BCUT2D eigenvalue weighted by Gasteiger charge is -2.28. The summed E-state index contributed by atoms with van der Waals surface area (Å²) in [6, 6.07) is 0. The Morgan fingerprint density at radius 1 is 1.59 bits per heavy atom. The lowest BCUT2D eigenvalue weighted by Crippen LogP contribution is -2.37. The predicted molar refractivity (Wildman–Crippen MR) is 64.5 cm³/mol. The third-order valence-corrected chi connectivity index (χ3v) is 3.58. The average molecular weight is 240 g/mol. The number of nitrogens with zero attached hydrogens (tertiary/aromatic N) is 2. The molecule has 96 valence electrons. The van der Waals surface area contributed by atoms with Gasteiger partial charge in [-0.1, -0.05) is 6.92 Å². The van der Waals surface area contributed by atoms with Crippen molar-refractivity contribution < 1.29 is 14.9 Å². The first-order valence-corrected chi connectivity index (χ1v) is 5.91. The molecule has 0 aliphatic carbocycles. The van der Waals surface area contributed by atoms with Gasteiger partial charge in [0.2, 0.25) is 0 Å². The van der Waals surface area contributed by atoms with Gasteiger partial charge in [0.15, 0.2) is 0 Å². The molecule has 2 heterocycles. The molecule has 0 radical (unpaired) electrons. The van der Waals surface area contributed by atoms with Gasteiger partial charge in [-0.25, -0.2) is 4.99 Å². The van der Waals surface area contributed by atoms with Gasteiger partial charge >= 0.3 is 0 Å². The Morgan fingerprint density at radius 2 is 2.35 bits per heavy atom. The molecular weight excluding hydrogens is 220 g/mol. The Balaban J connectivity index is 2.06. The zero-order chi connectivity index (χ0) is 12.5. The van der Waals surface area contributed by atoms with Gasteiger partial charge in [0.25, 0.3) is 0 Å². The van der Waals surface area contributed by atoms with Crippen LogP contribution in [0.4, 0.5) is 0 Å². The second-order valence-corrected chi connectivity index (χ2v) is 5.19. The van der Waals surface area contributed by atoms with E-state index in [2.05, 4.69) is 4.99 Å². The van der Waals surface area contributed by atoms with Gasteiger partial charge < -0.3 is 19.8 Å². The number of hydrogen-bond acceptors (Lipinski definition) is 5. The van der Waals surface area contributed by atoms with Crippen molar-refractivity contribution in [1.82, 2.24) is 4.90 Å². The van der Waals surface area contributed by atoms with Crippen molar-refractivity contribution in [2.75, 3.05) is 19.8 Å². The van der Waals surface area contributed by atoms with Crippen LogP contribution in [-0.4, -0.2) is 53.5 Å². The van der Waals surface area contributed by atoms with E-state index in [1.165, 1.54) is 5.57 Å². The minimum absolute atomic E-state index is 0.0224. The van der Waals surface area contributed by atoms with Crippen LogP contribution in [0, 0.1) is 5.41 Å². The number of hydrogen-bond donors (Lipinski definition) is 2. The molecule has 0 aromatic rings. The van der Waals surface area contributed by atoms with Crippen LogP contribution in [0.3, 0.4) is 0 Å². The molecule has 5 nitrogen and oxygen atoms in total. The Kier molecular flexibility index (Phi) is 3.51. The fraction of sp³-hybridized carbons (Fsp3) is 0.750. The SMILES string of the molecule is CC1=CN=CN(C2CC(C)(CO)C(CO)O2)C1. The maximum Gasteiger partial charge on any atom is 0.132 e. The quantitative estimate of drug-likeness (QED) is 0.746. The van der Waals surface area contributed by atoms with Gasteiger partial charge in [-0.3, -0.25) is 0 Å². The fourth-order valence-electron chi connectivity index (χ4n) is 2.35. The first kappa shape index (κ1) is 12.5. The summed E-state index contributed by atoms with van der Waals surface area (Å²) in [6.07, 6.45) is 3.87. The number of aliphatic imine (C=N–C) groups is 1. The molecule has 0 bridgehead atoms. The molecule has 1 fully saturated rings.